The van der Waals surface area contributed by atoms with Gasteiger partial charge in [-0.05, 0) is 63.3 Å². The number of hydrogen-bond acceptors (Lipinski definition) is 3. The largest absolute Gasteiger partial charge is 0.459 e. The Bertz CT molecular complexity index is 437. The highest BCUT2D eigenvalue weighted by Crippen LogP contribution is 2.16. The third kappa shape index (κ3) is 5.91. The minimum absolute atomic E-state index is 0.0688. The predicted molar refractivity (Wildman–Crippen MR) is 83.6 cm³/mol. The molecular formula is C17H25NO2. The number of benzene rings is 1. The van der Waals surface area contributed by atoms with E-state index in [9.17, 15) is 4.79 Å². The Kier molecular flexibility index (Phi) is 6.85. The topological polar surface area (TPSA) is 52.3 Å². The van der Waals surface area contributed by atoms with Crippen LogP contribution in [0, 0.1) is 5.92 Å². The van der Waals surface area contributed by atoms with Crippen LogP contribution in [0.2, 0.25) is 0 Å². The normalized spacial score (nSPS) is 14.2. The molecule has 2 unspecified atom stereocenters. The highest BCUT2D eigenvalue weighted by Gasteiger charge is 2.14. The van der Waals surface area contributed by atoms with Crippen molar-refractivity contribution in [3.05, 3.63) is 42.0 Å². The van der Waals surface area contributed by atoms with Crippen LogP contribution in [-0.4, -0.2) is 12.1 Å². The lowest BCUT2D eigenvalue weighted by molar-refractivity contribution is 0.0292. The smallest absolute Gasteiger partial charge is 0.338 e. The number of allylic oxidation sites excluding steroid dienone is 2. The lowest BCUT2D eigenvalue weighted by atomic mass is 9.99. The summed E-state index contributed by atoms with van der Waals surface area (Å²) >= 11 is 0. The summed E-state index contributed by atoms with van der Waals surface area (Å²) in [7, 11) is 0. The quantitative estimate of drug-likeness (QED) is 0.461. The molecule has 0 aliphatic rings. The number of hydrogen-bond donors (Lipinski definition) is 1. The summed E-state index contributed by atoms with van der Waals surface area (Å²) in [6, 6.07) is 6.81. The van der Waals surface area contributed by atoms with E-state index in [4.69, 9.17) is 10.5 Å². The van der Waals surface area contributed by atoms with Crippen molar-refractivity contribution in [3.63, 3.8) is 0 Å². The van der Waals surface area contributed by atoms with Gasteiger partial charge in [-0.15, -0.1) is 0 Å². The molecule has 0 heterocycles. The standard InChI is InChI=1S/C17H25NO2/c1-4-5-6-7-13(2)12-14(3)20-17(19)15-8-10-16(18)11-9-15/h4-5,8-11,13-14H,6-7,12,18H2,1-3H3. The molecule has 0 aliphatic carbocycles. The molecule has 0 fully saturated rings. The second-order valence-electron chi connectivity index (χ2n) is 5.33. The summed E-state index contributed by atoms with van der Waals surface area (Å²) in [5, 5.41) is 0. The summed E-state index contributed by atoms with van der Waals surface area (Å²) < 4.78 is 5.46. The molecule has 0 aromatic heterocycles. The van der Waals surface area contributed by atoms with E-state index in [2.05, 4.69) is 19.1 Å². The van der Waals surface area contributed by atoms with Crippen molar-refractivity contribution < 1.29 is 9.53 Å². The molecule has 0 amide bonds. The number of esters is 1. The summed E-state index contributed by atoms with van der Waals surface area (Å²) in [6.45, 7) is 6.17. The monoisotopic (exact) mass is 275 g/mol. The van der Waals surface area contributed by atoms with Gasteiger partial charge < -0.3 is 10.5 Å². The number of rotatable bonds is 7. The van der Waals surface area contributed by atoms with Gasteiger partial charge in [0.05, 0.1) is 11.7 Å². The highest BCUT2D eigenvalue weighted by atomic mass is 16.5. The molecule has 1 rings (SSSR count). The number of nitrogen functional groups attached to an aromatic ring is 1. The van der Waals surface area contributed by atoms with Gasteiger partial charge in [0.15, 0.2) is 0 Å². The Balaban J connectivity index is 2.39. The molecule has 110 valence electrons. The fourth-order valence-corrected chi connectivity index (χ4v) is 2.15. The molecule has 3 nitrogen and oxygen atoms in total. The zero-order valence-electron chi connectivity index (χ0n) is 12.6. The molecule has 0 bridgehead atoms. The van der Waals surface area contributed by atoms with Gasteiger partial charge in [-0.3, -0.25) is 0 Å². The van der Waals surface area contributed by atoms with E-state index in [0.717, 1.165) is 19.3 Å². The van der Waals surface area contributed by atoms with E-state index in [-0.39, 0.29) is 12.1 Å². The molecule has 2 N–H and O–H groups in total. The van der Waals surface area contributed by atoms with E-state index in [0.29, 0.717) is 17.2 Å². The van der Waals surface area contributed by atoms with E-state index >= 15 is 0 Å². The maximum atomic E-state index is 11.9. The van der Waals surface area contributed by atoms with Crippen LogP contribution in [0.15, 0.2) is 36.4 Å². The summed E-state index contributed by atoms with van der Waals surface area (Å²) in [4.78, 5) is 11.9. The van der Waals surface area contributed by atoms with Crippen LogP contribution in [0.5, 0.6) is 0 Å². The van der Waals surface area contributed by atoms with Gasteiger partial charge >= 0.3 is 5.97 Å². The molecule has 20 heavy (non-hydrogen) atoms. The zero-order chi connectivity index (χ0) is 15.0. The Hall–Kier alpha value is -1.77. The van der Waals surface area contributed by atoms with E-state index in [1.54, 1.807) is 24.3 Å². The minimum atomic E-state index is -0.279. The first-order valence-electron chi connectivity index (χ1n) is 7.20. The molecule has 2 atom stereocenters. The number of carbonyl (C=O) groups excluding carboxylic acids is 1. The van der Waals surface area contributed by atoms with Crippen molar-refractivity contribution in [2.24, 2.45) is 5.92 Å². The molecule has 0 saturated heterocycles. The average Bonchev–Trinajstić information content (AvgIpc) is 2.39. The molecule has 0 saturated carbocycles. The van der Waals surface area contributed by atoms with Crippen molar-refractivity contribution in [2.75, 3.05) is 5.73 Å². The molecule has 0 radical (unpaired) electrons. The number of anilines is 1. The van der Waals surface area contributed by atoms with Crippen LogP contribution in [0.25, 0.3) is 0 Å². The van der Waals surface area contributed by atoms with Gasteiger partial charge in [-0.2, -0.15) is 0 Å². The first kappa shape index (κ1) is 16.3. The Labute approximate surface area is 121 Å². The lowest BCUT2D eigenvalue weighted by Crippen LogP contribution is -2.17. The minimum Gasteiger partial charge on any atom is -0.459 e. The van der Waals surface area contributed by atoms with Gasteiger partial charge in [-0.1, -0.05) is 19.1 Å². The van der Waals surface area contributed by atoms with Gasteiger partial charge in [0.25, 0.3) is 0 Å². The maximum absolute atomic E-state index is 11.9. The van der Waals surface area contributed by atoms with Gasteiger partial charge in [-0.25, -0.2) is 4.79 Å². The number of carbonyl (C=O) groups is 1. The van der Waals surface area contributed by atoms with Gasteiger partial charge in [0.2, 0.25) is 0 Å². The Morgan fingerprint density at radius 2 is 1.95 bits per heavy atom. The van der Waals surface area contributed by atoms with Crippen LogP contribution in [0.4, 0.5) is 5.69 Å². The van der Waals surface area contributed by atoms with Crippen molar-refractivity contribution in [1.82, 2.24) is 0 Å². The van der Waals surface area contributed by atoms with Crippen LogP contribution in [-0.2, 0) is 4.74 Å². The molecule has 3 heteroatoms. The first-order valence-corrected chi connectivity index (χ1v) is 7.20. The van der Waals surface area contributed by atoms with Crippen LogP contribution in [0.1, 0.15) is 50.4 Å². The van der Waals surface area contributed by atoms with Crippen molar-refractivity contribution >= 4 is 11.7 Å². The first-order chi connectivity index (χ1) is 9.52. The van der Waals surface area contributed by atoms with E-state index < -0.39 is 0 Å². The fraction of sp³-hybridized carbons (Fsp3) is 0.471. The third-order valence-electron chi connectivity index (χ3n) is 3.25. The fourth-order valence-electron chi connectivity index (χ4n) is 2.15. The second-order valence-corrected chi connectivity index (χ2v) is 5.33. The summed E-state index contributed by atoms with van der Waals surface area (Å²) in [5.74, 6) is 0.263. The van der Waals surface area contributed by atoms with E-state index in [1.165, 1.54) is 0 Å². The van der Waals surface area contributed by atoms with Crippen LogP contribution in [0.3, 0.4) is 0 Å². The van der Waals surface area contributed by atoms with E-state index in [1.807, 2.05) is 13.8 Å². The van der Waals surface area contributed by atoms with Gasteiger partial charge in [0, 0.05) is 5.69 Å². The number of ether oxygens (including phenoxy) is 1. The van der Waals surface area contributed by atoms with Crippen molar-refractivity contribution in [2.45, 2.75) is 46.1 Å². The van der Waals surface area contributed by atoms with Crippen LogP contribution >= 0.6 is 0 Å². The van der Waals surface area contributed by atoms with Crippen molar-refractivity contribution in [1.29, 1.82) is 0 Å². The predicted octanol–water partition coefficient (Wildman–Crippen LogP) is 4.20. The summed E-state index contributed by atoms with van der Waals surface area (Å²) in [5.41, 5.74) is 6.79. The molecule has 0 aliphatic heterocycles. The zero-order valence-corrected chi connectivity index (χ0v) is 12.6. The van der Waals surface area contributed by atoms with Crippen LogP contribution < -0.4 is 5.73 Å². The molecule has 1 aromatic carbocycles. The highest BCUT2D eigenvalue weighted by molar-refractivity contribution is 5.89. The number of nitrogens with two attached hydrogens (primary N) is 1. The third-order valence-corrected chi connectivity index (χ3v) is 3.25. The molecule has 1 aromatic rings. The summed E-state index contributed by atoms with van der Waals surface area (Å²) in [6.07, 6.45) is 7.25. The van der Waals surface area contributed by atoms with Crippen molar-refractivity contribution in [3.8, 4) is 0 Å². The Morgan fingerprint density at radius 1 is 1.30 bits per heavy atom. The molecular weight excluding hydrogens is 250 g/mol. The molecule has 0 spiro atoms. The van der Waals surface area contributed by atoms with Gasteiger partial charge in [0.1, 0.15) is 0 Å². The maximum Gasteiger partial charge on any atom is 0.338 e. The lowest BCUT2D eigenvalue weighted by Gasteiger charge is -2.17. The second kappa shape index (κ2) is 8.41. The Morgan fingerprint density at radius 3 is 2.55 bits per heavy atom. The average molecular weight is 275 g/mol. The SMILES string of the molecule is CC=CCCC(C)CC(C)OC(=O)c1ccc(N)cc1.